The molecular weight excluding hydrogens is 227 g/mol. The van der Waals surface area contributed by atoms with E-state index in [0.717, 1.165) is 36.3 Å². The van der Waals surface area contributed by atoms with Crippen molar-refractivity contribution in [1.29, 1.82) is 0 Å². The molecule has 0 N–H and O–H groups in total. The lowest BCUT2D eigenvalue weighted by Gasteiger charge is -2.21. The van der Waals surface area contributed by atoms with Crippen LogP contribution in [-0.4, -0.2) is 0 Å². The molecule has 0 bridgehead atoms. The molecule has 1 atom stereocenters. The average Bonchev–Trinajstić information content (AvgIpc) is 1.90. The molecule has 0 aromatic heterocycles. The minimum absolute atomic E-state index is 0.783. The second-order valence-corrected chi connectivity index (χ2v) is 8.71. The van der Waals surface area contributed by atoms with Crippen LogP contribution in [0, 0.1) is 0 Å². The van der Waals surface area contributed by atoms with Gasteiger partial charge >= 0.3 is 5.92 Å². The van der Waals surface area contributed by atoms with E-state index in [1.807, 2.05) is 12.2 Å². The minimum Gasteiger partial charge on any atom is -0.430 e. The monoisotopic (exact) mass is 236 g/mol. The molecule has 0 spiro atoms. The maximum atomic E-state index is 11.6. The van der Waals surface area contributed by atoms with E-state index in [9.17, 15) is 4.57 Å². The van der Waals surface area contributed by atoms with E-state index >= 15 is 0 Å². The minimum atomic E-state index is -2.98. The molecule has 2 nitrogen and oxygen atoms in total. The second-order valence-electron chi connectivity index (χ2n) is 3.03. The lowest BCUT2D eigenvalue weighted by molar-refractivity contribution is 0.392. The Morgan fingerprint density at radius 1 is 1.38 bits per heavy atom. The fraction of sp³-hybridized carbons (Fsp3) is 0.500. The maximum absolute atomic E-state index is 11.6. The average molecular weight is 237 g/mol. The molecule has 1 unspecified atom stereocenters. The Hall–Kier alpha value is 0.150. The first-order valence-electron chi connectivity index (χ1n) is 4.23. The van der Waals surface area contributed by atoms with E-state index in [0.29, 0.717) is 0 Å². The van der Waals surface area contributed by atoms with Crippen molar-refractivity contribution < 1.29 is 9.09 Å². The van der Waals surface area contributed by atoms with Gasteiger partial charge < -0.3 is 4.52 Å². The summed E-state index contributed by atoms with van der Waals surface area (Å²) >= 11 is 6.95. The van der Waals surface area contributed by atoms with E-state index in [4.69, 9.17) is 15.8 Å². The molecule has 13 heavy (non-hydrogen) atoms. The van der Waals surface area contributed by atoms with Gasteiger partial charge in [-0.25, -0.2) is 4.57 Å². The molecular formula is C8H10ClO2PS. The van der Waals surface area contributed by atoms with Crippen LogP contribution in [-0.2, 0) is 9.09 Å². The fourth-order valence-electron chi connectivity index (χ4n) is 0.989. The molecule has 5 heteroatoms. The standard InChI is InChI=1S/C8H10ClO2PS/c9-12(10,11-7-3-1-4-7)13-8-5-2-6-8/h3,5H,1-2,4,6H2. The Bertz CT molecular complexity index is 296. The van der Waals surface area contributed by atoms with Crippen LogP contribution in [0.15, 0.2) is 22.8 Å². The van der Waals surface area contributed by atoms with Gasteiger partial charge in [0.2, 0.25) is 0 Å². The molecule has 72 valence electrons. The Kier molecular flexibility index (Phi) is 2.77. The summed E-state index contributed by atoms with van der Waals surface area (Å²) in [4.78, 5) is 1.10. The number of allylic oxidation sites excluding steroid dienone is 4. The lowest BCUT2D eigenvalue weighted by Crippen LogP contribution is -1.96. The summed E-state index contributed by atoms with van der Waals surface area (Å²) < 4.78 is 16.8. The van der Waals surface area contributed by atoms with Crippen LogP contribution >= 0.6 is 28.5 Å². The molecule has 0 saturated carbocycles. The van der Waals surface area contributed by atoms with Crippen LogP contribution in [0.5, 0.6) is 0 Å². The number of rotatable bonds is 4. The van der Waals surface area contributed by atoms with Crippen molar-refractivity contribution in [2.24, 2.45) is 0 Å². The normalized spacial score (nSPS) is 24.7. The van der Waals surface area contributed by atoms with Crippen molar-refractivity contribution >= 4 is 28.5 Å². The summed E-state index contributed by atoms with van der Waals surface area (Å²) in [6.07, 6.45) is 7.91. The Morgan fingerprint density at radius 2 is 2.00 bits per heavy atom. The summed E-state index contributed by atoms with van der Waals surface area (Å²) in [5, 5.41) is 0. The molecule has 0 saturated heterocycles. The van der Waals surface area contributed by atoms with E-state index in [1.165, 1.54) is 11.4 Å². The molecule has 0 aromatic rings. The maximum Gasteiger partial charge on any atom is 0.397 e. The second kappa shape index (κ2) is 3.72. The smallest absolute Gasteiger partial charge is 0.397 e. The van der Waals surface area contributed by atoms with E-state index < -0.39 is 5.92 Å². The van der Waals surface area contributed by atoms with Gasteiger partial charge in [0, 0.05) is 6.42 Å². The number of hydrogen-bond acceptors (Lipinski definition) is 3. The van der Waals surface area contributed by atoms with E-state index in [-0.39, 0.29) is 0 Å². The van der Waals surface area contributed by atoms with Crippen molar-refractivity contribution in [2.75, 3.05) is 0 Å². The van der Waals surface area contributed by atoms with Crippen molar-refractivity contribution in [3.05, 3.63) is 22.8 Å². The highest BCUT2D eigenvalue weighted by atomic mass is 35.7. The van der Waals surface area contributed by atoms with Gasteiger partial charge in [-0.3, -0.25) is 0 Å². The molecule has 0 aromatic carbocycles. The number of hydrogen-bond donors (Lipinski definition) is 0. The molecule has 2 rings (SSSR count). The summed E-state index contributed by atoms with van der Waals surface area (Å²) in [5.74, 6) is -2.20. The molecule has 0 heterocycles. The first-order chi connectivity index (χ1) is 6.16. The van der Waals surface area contributed by atoms with Crippen molar-refractivity contribution in [1.82, 2.24) is 0 Å². The van der Waals surface area contributed by atoms with Crippen LogP contribution < -0.4 is 0 Å². The summed E-state index contributed by atoms with van der Waals surface area (Å²) in [5.41, 5.74) is 0. The first-order valence-corrected chi connectivity index (χ1v) is 8.18. The Morgan fingerprint density at radius 3 is 2.38 bits per heavy atom. The van der Waals surface area contributed by atoms with Crippen LogP contribution in [0.4, 0.5) is 0 Å². The predicted molar refractivity (Wildman–Crippen MR) is 56.8 cm³/mol. The van der Waals surface area contributed by atoms with Gasteiger partial charge in [0.1, 0.15) is 5.76 Å². The Labute approximate surface area is 86.4 Å². The van der Waals surface area contributed by atoms with Crippen molar-refractivity contribution in [3.63, 3.8) is 0 Å². The first kappa shape index (κ1) is 9.70. The van der Waals surface area contributed by atoms with Gasteiger partial charge in [0.25, 0.3) is 0 Å². The van der Waals surface area contributed by atoms with Crippen LogP contribution in [0.3, 0.4) is 0 Å². The van der Waals surface area contributed by atoms with Gasteiger partial charge in [-0.2, -0.15) is 0 Å². The van der Waals surface area contributed by atoms with Gasteiger partial charge in [0.05, 0.1) is 0 Å². The third kappa shape index (κ3) is 2.55. The highest BCUT2D eigenvalue weighted by Gasteiger charge is 2.28. The predicted octanol–water partition coefficient (Wildman–Crippen LogP) is 4.44. The fourth-order valence-corrected chi connectivity index (χ4v) is 4.95. The van der Waals surface area contributed by atoms with Crippen LogP contribution in [0.2, 0.25) is 0 Å². The third-order valence-corrected chi connectivity index (χ3v) is 5.66. The Balaban J connectivity index is 1.90. The molecule has 0 fully saturated rings. The lowest BCUT2D eigenvalue weighted by atomic mass is 10.1. The number of halogens is 1. The zero-order valence-corrected chi connectivity index (χ0v) is 9.50. The van der Waals surface area contributed by atoms with Crippen LogP contribution in [0.25, 0.3) is 0 Å². The largest absolute Gasteiger partial charge is 0.430 e. The molecule has 0 amide bonds. The van der Waals surface area contributed by atoms with Crippen molar-refractivity contribution in [2.45, 2.75) is 25.7 Å². The van der Waals surface area contributed by atoms with Crippen LogP contribution in [0.1, 0.15) is 25.7 Å². The van der Waals surface area contributed by atoms with Crippen molar-refractivity contribution in [3.8, 4) is 0 Å². The zero-order valence-electron chi connectivity index (χ0n) is 7.03. The molecule has 2 aliphatic carbocycles. The molecule has 0 aliphatic heterocycles. The molecule has 2 aliphatic rings. The summed E-state index contributed by atoms with van der Waals surface area (Å²) in [6, 6.07) is 0. The van der Waals surface area contributed by atoms with E-state index in [2.05, 4.69) is 0 Å². The third-order valence-electron chi connectivity index (χ3n) is 1.98. The molecule has 0 radical (unpaired) electrons. The summed E-state index contributed by atoms with van der Waals surface area (Å²) in [6.45, 7) is 0. The van der Waals surface area contributed by atoms with Gasteiger partial charge in [0.15, 0.2) is 0 Å². The highest BCUT2D eigenvalue weighted by molar-refractivity contribution is 8.65. The highest BCUT2D eigenvalue weighted by Crippen LogP contribution is 2.70. The summed E-state index contributed by atoms with van der Waals surface area (Å²) in [7, 11) is 0. The SMILES string of the molecule is O=P(Cl)(OC1=CCC1)SC1=CCC1. The quantitative estimate of drug-likeness (QED) is 0.675. The van der Waals surface area contributed by atoms with Gasteiger partial charge in [-0.05, 0) is 52.9 Å². The van der Waals surface area contributed by atoms with Gasteiger partial charge in [-0.1, -0.05) is 6.08 Å². The van der Waals surface area contributed by atoms with E-state index in [1.54, 1.807) is 0 Å². The topological polar surface area (TPSA) is 26.3 Å². The zero-order chi connectivity index (χ0) is 9.31. The van der Waals surface area contributed by atoms with Gasteiger partial charge in [-0.15, -0.1) is 0 Å².